The van der Waals surface area contributed by atoms with Gasteiger partial charge in [0.15, 0.2) is 0 Å². The summed E-state index contributed by atoms with van der Waals surface area (Å²) in [5, 5.41) is 0.764. The summed E-state index contributed by atoms with van der Waals surface area (Å²) < 4.78 is 0.871. The number of benzene rings is 1. The Kier molecular flexibility index (Phi) is 4.57. The highest BCUT2D eigenvalue weighted by Gasteiger charge is 2.29. The Balaban J connectivity index is 2.01. The molecule has 1 amide bonds. The van der Waals surface area contributed by atoms with Crippen molar-refractivity contribution in [3.63, 3.8) is 0 Å². The van der Waals surface area contributed by atoms with Crippen molar-refractivity contribution in [2.24, 2.45) is 5.92 Å². The van der Waals surface area contributed by atoms with E-state index in [4.69, 9.17) is 23.2 Å². The van der Waals surface area contributed by atoms with E-state index >= 15 is 0 Å². The van der Waals surface area contributed by atoms with Crippen molar-refractivity contribution in [3.05, 3.63) is 33.3 Å². The SMILES string of the molecule is CN(CC1CC(Cl)C1)C(=O)c1ccc(Br)cc1Cl. The molecule has 2 rings (SSSR count). The number of alkyl halides is 1. The third-order valence-corrected chi connectivity index (χ3v) is 4.38. The van der Waals surface area contributed by atoms with Crippen LogP contribution in [0.2, 0.25) is 5.02 Å². The van der Waals surface area contributed by atoms with Crippen LogP contribution in [0.3, 0.4) is 0 Å². The number of nitrogens with zero attached hydrogens (tertiary/aromatic N) is 1. The van der Waals surface area contributed by atoms with E-state index in [-0.39, 0.29) is 11.3 Å². The molecule has 1 aliphatic carbocycles. The maximum atomic E-state index is 12.2. The number of halogens is 3. The van der Waals surface area contributed by atoms with Crippen molar-refractivity contribution in [2.45, 2.75) is 18.2 Å². The fraction of sp³-hybridized carbons (Fsp3) is 0.462. The van der Waals surface area contributed by atoms with E-state index in [0.29, 0.717) is 16.5 Å². The number of hydrogen-bond acceptors (Lipinski definition) is 1. The predicted molar refractivity (Wildman–Crippen MR) is 78.5 cm³/mol. The van der Waals surface area contributed by atoms with Gasteiger partial charge in [0, 0.05) is 23.4 Å². The predicted octanol–water partition coefficient (Wildman–Crippen LogP) is 4.19. The van der Waals surface area contributed by atoms with Crippen LogP contribution in [-0.2, 0) is 0 Å². The lowest BCUT2D eigenvalue weighted by Crippen LogP contribution is -2.38. The fourth-order valence-corrected chi connectivity index (χ4v) is 3.40. The minimum absolute atomic E-state index is 0.0366. The molecule has 0 heterocycles. The van der Waals surface area contributed by atoms with Crippen LogP contribution in [-0.4, -0.2) is 29.8 Å². The zero-order valence-electron chi connectivity index (χ0n) is 10.00. The molecule has 0 N–H and O–H groups in total. The van der Waals surface area contributed by atoms with Crippen molar-refractivity contribution in [1.82, 2.24) is 4.90 Å². The highest BCUT2D eigenvalue weighted by molar-refractivity contribution is 9.10. The molecule has 0 unspecified atom stereocenters. The first-order chi connectivity index (χ1) is 8.47. The summed E-state index contributed by atoms with van der Waals surface area (Å²) in [4.78, 5) is 14.0. The van der Waals surface area contributed by atoms with E-state index in [1.807, 2.05) is 13.1 Å². The second-order valence-corrected chi connectivity index (χ2v) is 6.68. The molecule has 1 saturated carbocycles. The Morgan fingerprint density at radius 1 is 1.50 bits per heavy atom. The van der Waals surface area contributed by atoms with Gasteiger partial charge in [-0.3, -0.25) is 4.79 Å². The molecular weight excluding hydrogens is 337 g/mol. The van der Waals surface area contributed by atoms with Gasteiger partial charge in [-0.25, -0.2) is 0 Å². The monoisotopic (exact) mass is 349 g/mol. The molecule has 18 heavy (non-hydrogen) atoms. The van der Waals surface area contributed by atoms with Crippen molar-refractivity contribution >= 4 is 45.0 Å². The molecule has 0 spiro atoms. The number of hydrogen-bond donors (Lipinski definition) is 0. The van der Waals surface area contributed by atoms with Crippen molar-refractivity contribution in [3.8, 4) is 0 Å². The van der Waals surface area contributed by atoms with Crippen LogP contribution in [0.5, 0.6) is 0 Å². The quantitative estimate of drug-likeness (QED) is 0.748. The van der Waals surface area contributed by atoms with Gasteiger partial charge in [-0.05, 0) is 37.0 Å². The van der Waals surface area contributed by atoms with Crippen LogP contribution in [0.4, 0.5) is 0 Å². The lowest BCUT2D eigenvalue weighted by Gasteiger charge is -2.34. The van der Waals surface area contributed by atoms with Gasteiger partial charge < -0.3 is 4.90 Å². The standard InChI is InChI=1S/C13H14BrCl2NO/c1-17(7-8-4-10(15)5-8)13(18)11-3-2-9(14)6-12(11)16/h2-3,6,8,10H,4-5,7H2,1H3. The molecule has 1 aromatic rings. The molecule has 0 radical (unpaired) electrons. The topological polar surface area (TPSA) is 20.3 Å². The Labute approximate surface area is 125 Å². The van der Waals surface area contributed by atoms with Gasteiger partial charge in [-0.15, -0.1) is 11.6 Å². The highest BCUT2D eigenvalue weighted by Crippen LogP contribution is 2.32. The lowest BCUT2D eigenvalue weighted by molar-refractivity contribution is 0.0747. The molecule has 0 aromatic heterocycles. The van der Waals surface area contributed by atoms with Crippen LogP contribution >= 0.6 is 39.1 Å². The summed E-state index contributed by atoms with van der Waals surface area (Å²) in [6, 6.07) is 5.31. The first kappa shape index (κ1) is 14.2. The van der Waals surface area contributed by atoms with Gasteiger partial charge >= 0.3 is 0 Å². The first-order valence-corrected chi connectivity index (χ1v) is 7.42. The van der Waals surface area contributed by atoms with Gasteiger partial charge in [0.2, 0.25) is 0 Å². The minimum atomic E-state index is -0.0366. The van der Waals surface area contributed by atoms with Crippen molar-refractivity contribution in [1.29, 1.82) is 0 Å². The van der Waals surface area contributed by atoms with Gasteiger partial charge in [0.05, 0.1) is 10.6 Å². The summed E-state index contributed by atoms with van der Waals surface area (Å²) >= 11 is 15.3. The molecule has 0 saturated heterocycles. The zero-order valence-corrected chi connectivity index (χ0v) is 13.1. The first-order valence-electron chi connectivity index (χ1n) is 5.82. The van der Waals surface area contributed by atoms with Crippen LogP contribution < -0.4 is 0 Å². The van der Waals surface area contributed by atoms with Crippen LogP contribution in [0.25, 0.3) is 0 Å². The molecule has 2 nitrogen and oxygen atoms in total. The second kappa shape index (κ2) is 5.81. The molecule has 1 fully saturated rings. The van der Waals surface area contributed by atoms with Crippen molar-refractivity contribution < 1.29 is 4.79 Å². The zero-order chi connectivity index (χ0) is 13.3. The number of rotatable bonds is 3. The summed E-state index contributed by atoms with van der Waals surface area (Å²) in [7, 11) is 1.81. The van der Waals surface area contributed by atoms with E-state index in [0.717, 1.165) is 23.9 Å². The van der Waals surface area contributed by atoms with E-state index in [2.05, 4.69) is 15.9 Å². The third-order valence-electron chi connectivity index (χ3n) is 3.22. The van der Waals surface area contributed by atoms with Crippen LogP contribution in [0.15, 0.2) is 22.7 Å². The van der Waals surface area contributed by atoms with Gasteiger partial charge in [0.25, 0.3) is 5.91 Å². The Morgan fingerprint density at radius 3 is 2.72 bits per heavy atom. The molecule has 0 bridgehead atoms. The highest BCUT2D eigenvalue weighted by atomic mass is 79.9. The normalized spacial score (nSPS) is 22.4. The largest absolute Gasteiger partial charge is 0.341 e. The molecule has 1 aliphatic rings. The van der Waals surface area contributed by atoms with E-state index in [1.165, 1.54) is 0 Å². The van der Waals surface area contributed by atoms with E-state index < -0.39 is 0 Å². The molecule has 98 valence electrons. The Morgan fingerprint density at radius 2 is 2.17 bits per heavy atom. The summed E-state index contributed by atoms with van der Waals surface area (Å²) in [6.07, 6.45) is 1.99. The second-order valence-electron chi connectivity index (χ2n) is 4.74. The average Bonchev–Trinajstić information content (AvgIpc) is 2.26. The Hall–Kier alpha value is -0.250. The molecule has 5 heteroatoms. The van der Waals surface area contributed by atoms with Gasteiger partial charge in [-0.1, -0.05) is 27.5 Å². The Bertz CT molecular complexity index is 460. The van der Waals surface area contributed by atoms with E-state index in [1.54, 1.807) is 17.0 Å². The fourth-order valence-electron chi connectivity index (χ4n) is 2.14. The molecule has 0 atom stereocenters. The van der Waals surface area contributed by atoms with Gasteiger partial charge in [0.1, 0.15) is 0 Å². The van der Waals surface area contributed by atoms with Gasteiger partial charge in [-0.2, -0.15) is 0 Å². The summed E-state index contributed by atoms with van der Waals surface area (Å²) in [5.74, 6) is 0.487. The lowest BCUT2D eigenvalue weighted by atomic mass is 9.84. The number of amides is 1. The van der Waals surface area contributed by atoms with Crippen LogP contribution in [0, 0.1) is 5.92 Å². The maximum absolute atomic E-state index is 12.2. The number of carbonyl (C=O) groups is 1. The average molecular weight is 351 g/mol. The van der Waals surface area contributed by atoms with Crippen LogP contribution in [0.1, 0.15) is 23.2 Å². The molecular formula is C13H14BrCl2NO. The molecule has 1 aromatic carbocycles. The van der Waals surface area contributed by atoms with Crippen molar-refractivity contribution in [2.75, 3.05) is 13.6 Å². The summed E-state index contributed by atoms with van der Waals surface area (Å²) in [5.41, 5.74) is 0.545. The molecule has 0 aliphatic heterocycles. The third kappa shape index (κ3) is 3.19. The smallest absolute Gasteiger partial charge is 0.255 e. The van der Waals surface area contributed by atoms with E-state index in [9.17, 15) is 4.79 Å². The number of carbonyl (C=O) groups excluding carboxylic acids is 1. The summed E-state index contributed by atoms with van der Waals surface area (Å²) in [6.45, 7) is 0.744. The minimum Gasteiger partial charge on any atom is -0.341 e. The maximum Gasteiger partial charge on any atom is 0.255 e.